The number of hydrogen-bond donors (Lipinski definition) is 1. The summed E-state index contributed by atoms with van der Waals surface area (Å²) >= 11 is 0. The molecule has 1 aliphatic heterocycles. The highest BCUT2D eigenvalue weighted by Gasteiger charge is 2.23. The van der Waals surface area contributed by atoms with Gasteiger partial charge in [-0.2, -0.15) is 0 Å². The minimum atomic E-state index is -0.295. The lowest BCUT2D eigenvalue weighted by Crippen LogP contribution is -2.42. The van der Waals surface area contributed by atoms with Crippen LogP contribution in [-0.4, -0.2) is 30.4 Å². The molecule has 1 saturated heterocycles. The first kappa shape index (κ1) is 14.0. The maximum atomic E-state index is 12.8. The highest BCUT2D eigenvalue weighted by molar-refractivity contribution is 5.92. The fourth-order valence-corrected chi connectivity index (χ4v) is 2.86. The first-order chi connectivity index (χ1) is 9.02. The van der Waals surface area contributed by atoms with E-state index in [1.54, 1.807) is 12.1 Å². The average molecular weight is 264 g/mol. The second kappa shape index (κ2) is 6.15. The molecular weight excluding hydrogens is 243 g/mol. The molecule has 1 aromatic carbocycles. The number of amides is 1. The summed E-state index contributed by atoms with van der Waals surface area (Å²) in [6.07, 6.45) is 1.23. The Bertz CT molecular complexity index is 422. The molecule has 0 saturated carbocycles. The minimum Gasteiger partial charge on any atom is -0.325 e. The van der Waals surface area contributed by atoms with Gasteiger partial charge >= 0.3 is 0 Å². The van der Waals surface area contributed by atoms with Gasteiger partial charge in [0.25, 0.3) is 0 Å². The van der Waals surface area contributed by atoms with Crippen molar-refractivity contribution in [3.05, 3.63) is 30.1 Å². The molecule has 2 rings (SSSR count). The van der Waals surface area contributed by atoms with E-state index < -0.39 is 0 Å². The maximum Gasteiger partial charge on any atom is 0.238 e. The lowest BCUT2D eigenvalue weighted by atomic mass is 9.92. The van der Waals surface area contributed by atoms with Crippen LogP contribution in [0.15, 0.2) is 24.3 Å². The predicted molar refractivity (Wildman–Crippen MR) is 74.4 cm³/mol. The van der Waals surface area contributed by atoms with Gasteiger partial charge in [0, 0.05) is 18.8 Å². The Balaban J connectivity index is 1.85. The van der Waals surface area contributed by atoms with Crippen LogP contribution in [0.25, 0.3) is 0 Å². The van der Waals surface area contributed by atoms with Gasteiger partial charge in [-0.05, 0) is 42.5 Å². The van der Waals surface area contributed by atoms with Gasteiger partial charge in [0.05, 0.1) is 6.54 Å². The summed E-state index contributed by atoms with van der Waals surface area (Å²) in [7, 11) is 0. The van der Waals surface area contributed by atoms with E-state index in [9.17, 15) is 9.18 Å². The molecule has 104 valence electrons. The van der Waals surface area contributed by atoms with Gasteiger partial charge < -0.3 is 5.32 Å². The number of halogens is 1. The van der Waals surface area contributed by atoms with Crippen LogP contribution in [0, 0.1) is 17.7 Å². The Morgan fingerprint density at radius 2 is 1.84 bits per heavy atom. The van der Waals surface area contributed by atoms with E-state index in [4.69, 9.17) is 0 Å². The van der Waals surface area contributed by atoms with Crippen LogP contribution in [0.1, 0.15) is 20.3 Å². The molecule has 1 fully saturated rings. The summed E-state index contributed by atoms with van der Waals surface area (Å²) in [5.74, 6) is 0.953. The summed E-state index contributed by atoms with van der Waals surface area (Å²) in [6.45, 7) is 6.80. The zero-order valence-corrected chi connectivity index (χ0v) is 11.5. The average Bonchev–Trinajstić information content (AvgIpc) is 2.30. The molecule has 1 aliphatic rings. The molecule has 4 heteroatoms. The molecule has 0 radical (unpaired) electrons. The zero-order chi connectivity index (χ0) is 13.8. The lowest BCUT2D eigenvalue weighted by Gasteiger charge is -2.34. The van der Waals surface area contributed by atoms with Crippen molar-refractivity contribution in [1.82, 2.24) is 4.90 Å². The van der Waals surface area contributed by atoms with Crippen molar-refractivity contribution >= 4 is 11.6 Å². The topological polar surface area (TPSA) is 32.3 Å². The molecule has 19 heavy (non-hydrogen) atoms. The smallest absolute Gasteiger partial charge is 0.238 e. The van der Waals surface area contributed by atoms with Crippen LogP contribution < -0.4 is 5.32 Å². The SMILES string of the molecule is CC1CC(C)CN(CC(=O)Nc2ccc(F)cc2)C1. The van der Waals surface area contributed by atoms with Crippen LogP contribution in [0.3, 0.4) is 0 Å². The highest BCUT2D eigenvalue weighted by Crippen LogP contribution is 2.20. The molecule has 0 aliphatic carbocycles. The molecule has 1 N–H and O–H groups in total. The number of hydrogen-bond acceptors (Lipinski definition) is 2. The van der Waals surface area contributed by atoms with Gasteiger partial charge in [0.2, 0.25) is 5.91 Å². The van der Waals surface area contributed by atoms with E-state index in [0.29, 0.717) is 24.1 Å². The monoisotopic (exact) mass is 264 g/mol. The van der Waals surface area contributed by atoms with Gasteiger partial charge in [-0.25, -0.2) is 4.39 Å². The summed E-state index contributed by atoms with van der Waals surface area (Å²) < 4.78 is 12.8. The van der Waals surface area contributed by atoms with Gasteiger partial charge in [-0.1, -0.05) is 13.8 Å². The Morgan fingerprint density at radius 3 is 2.42 bits per heavy atom. The Morgan fingerprint density at radius 1 is 1.26 bits per heavy atom. The van der Waals surface area contributed by atoms with Gasteiger partial charge in [-0.3, -0.25) is 9.69 Å². The maximum absolute atomic E-state index is 12.8. The van der Waals surface area contributed by atoms with Crippen molar-refractivity contribution in [2.24, 2.45) is 11.8 Å². The van der Waals surface area contributed by atoms with Crippen LogP contribution in [0.4, 0.5) is 10.1 Å². The quantitative estimate of drug-likeness (QED) is 0.910. The third-order valence-corrected chi connectivity index (χ3v) is 3.44. The summed E-state index contributed by atoms with van der Waals surface area (Å²) in [5, 5.41) is 2.80. The number of rotatable bonds is 3. The first-order valence-corrected chi connectivity index (χ1v) is 6.80. The molecule has 0 bridgehead atoms. The highest BCUT2D eigenvalue weighted by atomic mass is 19.1. The van der Waals surface area contributed by atoms with Crippen molar-refractivity contribution in [1.29, 1.82) is 0 Å². The van der Waals surface area contributed by atoms with Crippen molar-refractivity contribution in [3.8, 4) is 0 Å². The Hall–Kier alpha value is -1.42. The number of piperidine rings is 1. The number of carbonyl (C=O) groups is 1. The largest absolute Gasteiger partial charge is 0.325 e. The minimum absolute atomic E-state index is 0.0343. The van der Waals surface area contributed by atoms with E-state index in [1.807, 2.05) is 0 Å². The number of nitrogens with zero attached hydrogens (tertiary/aromatic N) is 1. The van der Waals surface area contributed by atoms with E-state index in [-0.39, 0.29) is 11.7 Å². The summed E-state index contributed by atoms with van der Waals surface area (Å²) in [4.78, 5) is 14.1. The number of benzene rings is 1. The van der Waals surface area contributed by atoms with E-state index in [2.05, 4.69) is 24.1 Å². The molecule has 0 spiro atoms. The molecule has 3 nitrogen and oxygen atoms in total. The molecule has 1 amide bonds. The Labute approximate surface area is 113 Å². The van der Waals surface area contributed by atoms with E-state index in [1.165, 1.54) is 18.6 Å². The Kier molecular flexibility index (Phi) is 4.53. The molecule has 1 aromatic rings. The van der Waals surface area contributed by atoms with Crippen molar-refractivity contribution < 1.29 is 9.18 Å². The molecule has 0 aromatic heterocycles. The molecular formula is C15H21FN2O. The molecule has 2 atom stereocenters. The molecule has 1 heterocycles. The first-order valence-electron chi connectivity index (χ1n) is 6.80. The summed E-state index contributed by atoms with van der Waals surface area (Å²) in [5.41, 5.74) is 0.643. The third kappa shape index (κ3) is 4.31. The van der Waals surface area contributed by atoms with E-state index >= 15 is 0 Å². The zero-order valence-electron chi connectivity index (χ0n) is 11.5. The van der Waals surface area contributed by atoms with Gasteiger partial charge in [0.15, 0.2) is 0 Å². The number of nitrogens with one attached hydrogen (secondary N) is 1. The van der Waals surface area contributed by atoms with Crippen molar-refractivity contribution in [2.75, 3.05) is 25.0 Å². The van der Waals surface area contributed by atoms with E-state index in [0.717, 1.165) is 13.1 Å². The summed E-state index contributed by atoms with van der Waals surface area (Å²) in [6, 6.07) is 5.85. The number of carbonyl (C=O) groups excluding carboxylic acids is 1. The van der Waals surface area contributed by atoms with Gasteiger partial charge in [-0.15, -0.1) is 0 Å². The standard InChI is InChI=1S/C15H21FN2O/c1-11-7-12(2)9-18(8-11)10-15(19)17-14-5-3-13(16)4-6-14/h3-6,11-12H,7-10H2,1-2H3,(H,17,19). The number of likely N-dealkylation sites (tertiary alicyclic amines) is 1. The van der Waals surface area contributed by atoms with Gasteiger partial charge in [0.1, 0.15) is 5.82 Å². The van der Waals surface area contributed by atoms with Crippen LogP contribution in [0.2, 0.25) is 0 Å². The van der Waals surface area contributed by atoms with Crippen LogP contribution in [-0.2, 0) is 4.79 Å². The fourth-order valence-electron chi connectivity index (χ4n) is 2.86. The second-order valence-electron chi connectivity index (χ2n) is 5.70. The lowest BCUT2D eigenvalue weighted by molar-refractivity contribution is -0.117. The number of anilines is 1. The molecule has 2 unspecified atom stereocenters. The second-order valence-corrected chi connectivity index (χ2v) is 5.70. The van der Waals surface area contributed by atoms with Crippen LogP contribution >= 0.6 is 0 Å². The predicted octanol–water partition coefficient (Wildman–Crippen LogP) is 2.74. The van der Waals surface area contributed by atoms with Crippen molar-refractivity contribution in [2.45, 2.75) is 20.3 Å². The van der Waals surface area contributed by atoms with Crippen molar-refractivity contribution in [3.63, 3.8) is 0 Å². The fraction of sp³-hybridized carbons (Fsp3) is 0.533. The normalized spacial score (nSPS) is 24.2. The van der Waals surface area contributed by atoms with Crippen LogP contribution in [0.5, 0.6) is 0 Å². The third-order valence-electron chi connectivity index (χ3n) is 3.44.